The van der Waals surface area contributed by atoms with E-state index in [1.165, 1.54) is 23.3 Å². The molecule has 1 aliphatic heterocycles. The third kappa shape index (κ3) is 8.79. The lowest BCUT2D eigenvalue weighted by molar-refractivity contribution is -0.120. The van der Waals surface area contributed by atoms with Crippen LogP contribution in [0.25, 0.3) is 21.5 Å². The molecule has 5 aromatic rings. The van der Waals surface area contributed by atoms with Crippen LogP contribution >= 0.6 is 23.3 Å². The molecular formula is C38H45N9O3S2. The highest BCUT2D eigenvalue weighted by Gasteiger charge is 2.26. The Bertz CT molecular complexity index is 2050. The first-order valence-electron chi connectivity index (χ1n) is 17.6. The molecule has 52 heavy (non-hydrogen) atoms. The van der Waals surface area contributed by atoms with Gasteiger partial charge in [-0.3, -0.25) is 29.1 Å². The van der Waals surface area contributed by atoms with Crippen LogP contribution < -0.4 is 20.3 Å². The van der Waals surface area contributed by atoms with E-state index in [1.807, 2.05) is 54.2 Å². The van der Waals surface area contributed by atoms with E-state index in [0.29, 0.717) is 47.3 Å². The number of anilines is 2. The summed E-state index contributed by atoms with van der Waals surface area (Å²) in [6.07, 6.45) is 7.34. The molecule has 0 bridgehead atoms. The number of thiazole rings is 1. The fourth-order valence-electron chi connectivity index (χ4n) is 6.24. The molecule has 4 aromatic heterocycles. The van der Waals surface area contributed by atoms with Crippen LogP contribution in [0.2, 0.25) is 0 Å². The van der Waals surface area contributed by atoms with Crippen molar-refractivity contribution < 1.29 is 14.4 Å². The Balaban J connectivity index is 1.23. The van der Waals surface area contributed by atoms with E-state index in [4.69, 9.17) is 4.98 Å². The number of rotatable bonds is 13. The second-order valence-corrected chi connectivity index (χ2v) is 16.0. The molecule has 0 saturated carbocycles. The lowest BCUT2D eigenvalue weighted by Crippen LogP contribution is -2.33. The van der Waals surface area contributed by atoms with Crippen LogP contribution in [-0.2, 0) is 24.3 Å². The average molecular weight is 740 g/mol. The molecule has 14 heteroatoms. The number of benzene rings is 1. The predicted octanol–water partition coefficient (Wildman–Crippen LogP) is 6.80. The molecule has 0 radical (unpaired) electrons. The van der Waals surface area contributed by atoms with E-state index < -0.39 is 0 Å². The van der Waals surface area contributed by atoms with E-state index in [2.05, 4.69) is 62.2 Å². The smallest absolute Gasteiger partial charge is 0.280 e. The van der Waals surface area contributed by atoms with Gasteiger partial charge in [-0.2, -0.15) is 5.10 Å². The fraction of sp³-hybridized carbons (Fsp3) is 0.395. The standard InChI is InChI=1S/C38H45N9O3S2/c1-24-28(21-41-47(24)23-38(2,3)4)26-15-16-31(43-33(26)35(50)45-51-20-8-6-7-14-32(48)39-5)46-19-17-25-11-9-12-27(29(25)22-46)34(49)44-37-42-30-13-10-18-40-36(30)52-37/h9-13,15-16,18,21H,6-8,14,17,19-20,22-23H2,1-5H3,(H,39,48)(H,45,50)(H,42,44,49). The summed E-state index contributed by atoms with van der Waals surface area (Å²) in [5.74, 6) is 0.913. The lowest BCUT2D eigenvalue weighted by atomic mass is 9.94. The average Bonchev–Trinajstić information content (AvgIpc) is 3.71. The van der Waals surface area contributed by atoms with Crippen molar-refractivity contribution in [3.63, 3.8) is 0 Å². The maximum Gasteiger partial charge on any atom is 0.280 e. The summed E-state index contributed by atoms with van der Waals surface area (Å²) in [5, 5.41) is 10.8. The Morgan fingerprint density at radius 1 is 0.981 bits per heavy atom. The van der Waals surface area contributed by atoms with Crippen molar-refractivity contribution in [2.24, 2.45) is 5.41 Å². The molecule has 0 saturated heterocycles. The largest absolute Gasteiger partial charge is 0.359 e. The molecule has 3 amide bonds. The SMILES string of the molecule is CNC(=O)CCCCCSNC(=O)c1nc(N2CCc3cccc(C(=O)Nc4nc5cccnc5s4)c3C2)ccc1-c1cnn(CC(C)(C)C)c1C. The van der Waals surface area contributed by atoms with Crippen molar-refractivity contribution in [1.29, 1.82) is 0 Å². The summed E-state index contributed by atoms with van der Waals surface area (Å²) >= 11 is 2.69. The first-order valence-corrected chi connectivity index (χ1v) is 19.4. The van der Waals surface area contributed by atoms with Crippen molar-refractivity contribution in [2.45, 2.75) is 72.9 Å². The molecule has 0 spiro atoms. The highest BCUT2D eigenvalue weighted by atomic mass is 32.2. The number of hydrogen-bond acceptors (Lipinski definition) is 10. The highest BCUT2D eigenvalue weighted by molar-refractivity contribution is 7.97. The summed E-state index contributed by atoms with van der Waals surface area (Å²) < 4.78 is 5.00. The van der Waals surface area contributed by atoms with Gasteiger partial charge in [-0.25, -0.2) is 15.0 Å². The number of hydrogen-bond donors (Lipinski definition) is 3. The predicted molar refractivity (Wildman–Crippen MR) is 209 cm³/mol. The summed E-state index contributed by atoms with van der Waals surface area (Å²) in [5.41, 5.74) is 6.25. The summed E-state index contributed by atoms with van der Waals surface area (Å²) in [6.45, 7) is 10.4. The molecule has 3 N–H and O–H groups in total. The molecule has 272 valence electrons. The Morgan fingerprint density at radius 2 is 1.83 bits per heavy atom. The zero-order valence-corrected chi connectivity index (χ0v) is 31.9. The van der Waals surface area contributed by atoms with Gasteiger partial charge >= 0.3 is 0 Å². The van der Waals surface area contributed by atoms with Gasteiger partial charge in [-0.1, -0.05) is 62.6 Å². The van der Waals surface area contributed by atoms with Crippen LogP contribution in [0.3, 0.4) is 0 Å². The third-order valence-corrected chi connectivity index (χ3v) is 10.7. The molecule has 1 aliphatic rings. The first kappa shape index (κ1) is 37.0. The molecule has 1 aromatic carbocycles. The minimum Gasteiger partial charge on any atom is -0.359 e. The fourth-order valence-corrected chi connectivity index (χ4v) is 7.72. The number of nitrogens with zero attached hydrogens (tertiary/aromatic N) is 6. The number of nitrogens with one attached hydrogen (secondary N) is 3. The van der Waals surface area contributed by atoms with Crippen LogP contribution in [0.1, 0.15) is 84.1 Å². The molecule has 0 unspecified atom stereocenters. The molecule has 0 aliphatic carbocycles. The molecule has 12 nitrogen and oxygen atoms in total. The Morgan fingerprint density at radius 3 is 2.62 bits per heavy atom. The second-order valence-electron chi connectivity index (χ2n) is 14.1. The number of pyridine rings is 2. The Kier molecular flexibility index (Phi) is 11.5. The van der Waals surface area contributed by atoms with Gasteiger partial charge in [-0.15, -0.1) is 0 Å². The maximum absolute atomic E-state index is 13.9. The van der Waals surface area contributed by atoms with Gasteiger partial charge in [0.1, 0.15) is 21.9 Å². The van der Waals surface area contributed by atoms with Gasteiger partial charge < -0.3 is 10.2 Å². The van der Waals surface area contributed by atoms with Gasteiger partial charge in [0.15, 0.2) is 5.13 Å². The lowest BCUT2D eigenvalue weighted by Gasteiger charge is -2.31. The summed E-state index contributed by atoms with van der Waals surface area (Å²) in [6, 6.07) is 13.4. The van der Waals surface area contributed by atoms with E-state index >= 15 is 0 Å². The zero-order chi connectivity index (χ0) is 36.8. The van der Waals surface area contributed by atoms with Crippen LogP contribution in [0.4, 0.5) is 10.9 Å². The van der Waals surface area contributed by atoms with Crippen LogP contribution in [0.5, 0.6) is 0 Å². The van der Waals surface area contributed by atoms with Crippen molar-refractivity contribution in [2.75, 3.05) is 29.6 Å². The Labute approximate surface area is 312 Å². The first-order chi connectivity index (χ1) is 25.0. The molecule has 0 atom stereocenters. The van der Waals surface area contributed by atoms with E-state index in [0.717, 1.165) is 70.7 Å². The third-order valence-electron chi connectivity index (χ3n) is 8.94. The molecular weight excluding hydrogens is 695 g/mol. The zero-order valence-electron chi connectivity index (χ0n) is 30.3. The number of carbonyl (C=O) groups is 3. The molecule has 5 heterocycles. The highest BCUT2D eigenvalue weighted by Crippen LogP contribution is 2.33. The quantitative estimate of drug-likeness (QED) is 0.0876. The van der Waals surface area contributed by atoms with Crippen LogP contribution in [0, 0.1) is 12.3 Å². The second kappa shape index (κ2) is 16.2. The van der Waals surface area contributed by atoms with Crippen molar-refractivity contribution in [3.05, 3.63) is 82.9 Å². The molecule has 0 fully saturated rings. The van der Waals surface area contributed by atoms with Crippen molar-refractivity contribution in [3.8, 4) is 11.1 Å². The van der Waals surface area contributed by atoms with Crippen LogP contribution in [0.15, 0.2) is 54.9 Å². The number of aromatic nitrogens is 5. The minimum atomic E-state index is -0.280. The Hall–Kier alpha value is -4.82. The normalized spacial score (nSPS) is 12.8. The summed E-state index contributed by atoms with van der Waals surface area (Å²) in [4.78, 5) is 55.8. The monoisotopic (exact) mass is 739 g/mol. The topological polar surface area (TPSA) is 147 Å². The van der Waals surface area contributed by atoms with Gasteiger partial charge in [0.25, 0.3) is 11.8 Å². The van der Waals surface area contributed by atoms with E-state index in [9.17, 15) is 14.4 Å². The molecule has 6 rings (SSSR count). The van der Waals surface area contributed by atoms with Crippen molar-refractivity contribution >= 4 is 62.3 Å². The maximum atomic E-state index is 13.9. The number of unbranched alkanes of at least 4 members (excludes halogenated alkanes) is 2. The van der Waals surface area contributed by atoms with Gasteiger partial charge in [-0.05, 0) is 73.1 Å². The number of carbonyl (C=O) groups excluding carboxylic acids is 3. The van der Waals surface area contributed by atoms with Crippen LogP contribution in [-0.4, -0.2) is 61.8 Å². The summed E-state index contributed by atoms with van der Waals surface area (Å²) in [7, 11) is 1.65. The van der Waals surface area contributed by atoms with Crippen molar-refractivity contribution in [1.82, 2.24) is 34.8 Å². The van der Waals surface area contributed by atoms with Gasteiger partial charge in [0.2, 0.25) is 5.91 Å². The van der Waals surface area contributed by atoms with E-state index in [1.54, 1.807) is 13.2 Å². The minimum absolute atomic E-state index is 0.0270. The van der Waals surface area contributed by atoms with E-state index in [-0.39, 0.29) is 23.1 Å². The number of fused-ring (bicyclic) bond motifs is 2. The van der Waals surface area contributed by atoms with Gasteiger partial charge in [0.05, 0.1) is 6.20 Å². The number of amides is 3. The van der Waals surface area contributed by atoms with Gasteiger partial charge in [0, 0.05) is 67.4 Å².